The summed E-state index contributed by atoms with van der Waals surface area (Å²) in [5.74, 6) is -0.419. The van der Waals surface area contributed by atoms with E-state index in [1.165, 1.54) is 0 Å². The minimum Gasteiger partial charge on any atom is -0.493 e. The summed E-state index contributed by atoms with van der Waals surface area (Å²) < 4.78 is 15.4. The monoisotopic (exact) mass is 280 g/mol. The molecule has 0 aromatic heterocycles. The van der Waals surface area contributed by atoms with Crippen LogP contribution in [-0.4, -0.2) is 31.8 Å². The minimum atomic E-state index is -0.457. The van der Waals surface area contributed by atoms with Crippen molar-refractivity contribution < 1.29 is 23.8 Å². The molecule has 0 amide bonds. The Morgan fingerprint density at radius 3 is 2.30 bits per heavy atom. The van der Waals surface area contributed by atoms with Crippen molar-refractivity contribution in [3.8, 4) is 5.75 Å². The van der Waals surface area contributed by atoms with Crippen LogP contribution < -0.4 is 4.74 Å². The van der Waals surface area contributed by atoms with Crippen LogP contribution in [0.25, 0.3) is 0 Å². The van der Waals surface area contributed by atoms with Crippen molar-refractivity contribution in [2.24, 2.45) is 0 Å². The number of hydrogen-bond acceptors (Lipinski definition) is 5. The van der Waals surface area contributed by atoms with Gasteiger partial charge >= 0.3 is 11.9 Å². The molecule has 110 valence electrons. The molecular weight excluding hydrogens is 260 g/mol. The van der Waals surface area contributed by atoms with Crippen molar-refractivity contribution >= 4 is 11.9 Å². The third-order valence-electron chi connectivity index (χ3n) is 2.52. The van der Waals surface area contributed by atoms with Crippen LogP contribution in [0.4, 0.5) is 0 Å². The molecule has 0 N–H and O–H groups in total. The molecule has 0 radical (unpaired) electrons. The number of esters is 2. The summed E-state index contributed by atoms with van der Waals surface area (Å²) in [4.78, 5) is 23.5. The van der Waals surface area contributed by atoms with Gasteiger partial charge in [-0.2, -0.15) is 0 Å². The van der Waals surface area contributed by atoms with Crippen LogP contribution in [0, 0.1) is 0 Å². The highest BCUT2D eigenvalue weighted by Crippen LogP contribution is 2.26. The topological polar surface area (TPSA) is 61.8 Å². The van der Waals surface area contributed by atoms with Gasteiger partial charge in [-0.1, -0.05) is 12.1 Å². The SMILES string of the molecule is CCOC(=O)Cc1cccc(C(=O)OCC)c1OCC. The van der Waals surface area contributed by atoms with E-state index in [1.807, 2.05) is 6.92 Å². The van der Waals surface area contributed by atoms with Gasteiger partial charge in [0, 0.05) is 5.56 Å². The summed E-state index contributed by atoms with van der Waals surface area (Å²) in [5, 5.41) is 0. The van der Waals surface area contributed by atoms with E-state index in [1.54, 1.807) is 32.0 Å². The lowest BCUT2D eigenvalue weighted by atomic mass is 10.1. The first kappa shape index (κ1) is 16.0. The molecule has 0 aliphatic carbocycles. The zero-order chi connectivity index (χ0) is 15.0. The van der Waals surface area contributed by atoms with Gasteiger partial charge in [0.25, 0.3) is 0 Å². The molecule has 5 heteroatoms. The van der Waals surface area contributed by atoms with Gasteiger partial charge in [0.1, 0.15) is 11.3 Å². The number of para-hydroxylation sites is 1. The molecule has 0 aliphatic rings. The standard InChI is InChI=1S/C15H20O5/c1-4-18-13(16)10-11-8-7-9-12(14(11)19-5-2)15(17)20-6-3/h7-9H,4-6,10H2,1-3H3. The number of rotatable bonds is 7. The van der Waals surface area contributed by atoms with Crippen LogP contribution in [-0.2, 0) is 20.7 Å². The summed E-state index contributed by atoms with van der Waals surface area (Å²) in [6, 6.07) is 5.06. The molecular formula is C15H20O5. The predicted octanol–water partition coefficient (Wildman–Crippen LogP) is 2.37. The van der Waals surface area contributed by atoms with E-state index in [0.29, 0.717) is 30.1 Å². The Morgan fingerprint density at radius 2 is 1.70 bits per heavy atom. The van der Waals surface area contributed by atoms with Crippen LogP contribution in [0.5, 0.6) is 5.75 Å². The molecule has 0 saturated carbocycles. The zero-order valence-electron chi connectivity index (χ0n) is 12.1. The largest absolute Gasteiger partial charge is 0.493 e. The quantitative estimate of drug-likeness (QED) is 0.717. The molecule has 0 heterocycles. The zero-order valence-corrected chi connectivity index (χ0v) is 12.1. The highest BCUT2D eigenvalue weighted by molar-refractivity contribution is 5.93. The third kappa shape index (κ3) is 4.26. The molecule has 0 spiro atoms. The van der Waals surface area contributed by atoms with Gasteiger partial charge in [-0.15, -0.1) is 0 Å². The van der Waals surface area contributed by atoms with Crippen molar-refractivity contribution in [3.05, 3.63) is 29.3 Å². The fraction of sp³-hybridized carbons (Fsp3) is 0.467. The lowest BCUT2D eigenvalue weighted by molar-refractivity contribution is -0.142. The molecule has 1 aromatic carbocycles. The lowest BCUT2D eigenvalue weighted by Gasteiger charge is -2.14. The Bertz CT molecular complexity index is 467. The highest BCUT2D eigenvalue weighted by atomic mass is 16.5. The smallest absolute Gasteiger partial charge is 0.341 e. The number of hydrogen-bond donors (Lipinski definition) is 0. The van der Waals surface area contributed by atoms with Crippen LogP contribution >= 0.6 is 0 Å². The van der Waals surface area contributed by atoms with Crippen LogP contribution in [0.2, 0.25) is 0 Å². The Balaban J connectivity index is 3.07. The Hall–Kier alpha value is -2.04. The molecule has 0 bridgehead atoms. The second-order valence-corrected chi connectivity index (χ2v) is 3.93. The summed E-state index contributed by atoms with van der Waals surface area (Å²) in [5.41, 5.74) is 0.950. The Kier molecular flexibility index (Phi) is 6.56. The van der Waals surface area contributed by atoms with Crippen molar-refractivity contribution in [1.29, 1.82) is 0 Å². The molecule has 1 aromatic rings. The fourth-order valence-corrected chi connectivity index (χ4v) is 1.78. The molecule has 0 unspecified atom stereocenters. The van der Waals surface area contributed by atoms with E-state index >= 15 is 0 Å². The maximum absolute atomic E-state index is 11.9. The third-order valence-corrected chi connectivity index (χ3v) is 2.52. The Morgan fingerprint density at radius 1 is 1.00 bits per heavy atom. The predicted molar refractivity (Wildman–Crippen MR) is 73.9 cm³/mol. The van der Waals surface area contributed by atoms with Gasteiger partial charge in [-0.05, 0) is 26.8 Å². The highest BCUT2D eigenvalue weighted by Gasteiger charge is 2.19. The maximum atomic E-state index is 11.9. The number of carbonyl (C=O) groups is 2. The van der Waals surface area contributed by atoms with Gasteiger partial charge in [0.2, 0.25) is 0 Å². The van der Waals surface area contributed by atoms with E-state index in [2.05, 4.69) is 0 Å². The van der Waals surface area contributed by atoms with E-state index in [0.717, 1.165) is 0 Å². The number of carbonyl (C=O) groups excluding carboxylic acids is 2. The first-order valence-corrected chi connectivity index (χ1v) is 6.71. The second-order valence-electron chi connectivity index (χ2n) is 3.93. The van der Waals surface area contributed by atoms with Crippen molar-refractivity contribution in [2.75, 3.05) is 19.8 Å². The van der Waals surface area contributed by atoms with Gasteiger partial charge < -0.3 is 14.2 Å². The number of ether oxygens (including phenoxy) is 3. The van der Waals surface area contributed by atoms with Gasteiger partial charge in [0.05, 0.1) is 26.2 Å². The molecule has 0 atom stereocenters. The summed E-state index contributed by atoms with van der Waals surface area (Å²) in [7, 11) is 0. The first-order valence-electron chi connectivity index (χ1n) is 6.71. The van der Waals surface area contributed by atoms with Crippen LogP contribution in [0.15, 0.2) is 18.2 Å². The van der Waals surface area contributed by atoms with E-state index in [-0.39, 0.29) is 19.0 Å². The summed E-state index contributed by atoms with van der Waals surface area (Å²) in [6.45, 7) is 6.30. The van der Waals surface area contributed by atoms with Gasteiger partial charge in [-0.25, -0.2) is 4.79 Å². The molecule has 5 nitrogen and oxygen atoms in total. The van der Waals surface area contributed by atoms with Gasteiger partial charge in [0.15, 0.2) is 0 Å². The van der Waals surface area contributed by atoms with Crippen molar-refractivity contribution in [2.45, 2.75) is 27.2 Å². The first-order chi connectivity index (χ1) is 9.63. The summed E-state index contributed by atoms with van der Waals surface area (Å²) in [6.07, 6.45) is 0.0659. The fourth-order valence-electron chi connectivity index (χ4n) is 1.78. The van der Waals surface area contributed by atoms with Crippen molar-refractivity contribution in [3.63, 3.8) is 0 Å². The Labute approximate surface area is 118 Å². The maximum Gasteiger partial charge on any atom is 0.341 e. The van der Waals surface area contributed by atoms with E-state index in [4.69, 9.17) is 14.2 Å². The molecule has 0 fully saturated rings. The normalized spacial score (nSPS) is 9.95. The molecule has 20 heavy (non-hydrogen) atoms. The minimum absolute atomic E-state index is 0.0659. The molecule has 0 saturated heterocycles. The van der Waals surface area contributed by atoms with Crippen LogP contribution in [0.3, 0.4) is 0 Å². The molecule has 1 rings (SSSR count). The van der Waals surface area contributed by atoms with E-state index in [9.17, 15) is 9.59 Å². The van der Waals surface area contributed by atoms with Gasteiger partial charge in [-0.3, -0.25) is 4.79 Å². The second kappa shape index (κ2) is 8.19. The average molecular weight is 280 g/mol. The van der Waals surface area contributed by atoms with Crippen molar-refractivity contribution in [1.82, 2.24) is 0 Å². The number of benzene rings is 1. The lowest BCUT2D eigenvalue weighted by Crippen LogP contribution is -2.13. The molecule has 0 aliphatic heterocycles. The van der Waals surface area contributed by atoms with Crippen LogP contribution in [0.1, 0.15) is 36.7 Å². The average Bonchev–Trinajstić information content (AvgIpc) is 2.41. The van der Waals surface area contributed by atoms with E-state index < -0.39 is 5.97 Å². The summed E-state index contributed by atoms with van der Waals surface area (Å²) >= 11 is 0.